The highest BCUT2D eigenvalue weighted by molar-refractivity contribution is 7.33. The third-order valence-corrected chi connectivity index (χ3v) is 5.40. The van der Waals surface area contributed by atoms with Crippen LogP contribution in [0.4, 0.5) is 5.82 Å². The van der Waals surface area contributed by atoms with Gasteiger partial charge in [-0.1, -0.05) is 18.2 Å². The second kappa shape index (κ2) is 7.23. The fourth-order valence-electron chi connectivity index (χ4n) is 3.32. The molecule has 8 nitrogen and oxygen atoms in total. The van der Waals surface area contributed by atoms with E-state index in [-0.39, 0.29) is 12.7 Å². The lowest BCUT2D eigenvalue weighted by Gasteiger charge is -2.24. The van der Waals surface area contributed by atoms with Gasteiger partial charge < -0.3 is 10.5 Å². The molecule has 1 fully saturated rings. The number of nitrogen functional groups attached to an aromatic ring is 1. The number of hydrogen-bond donors (Lipinski definition) is 1. The lowest BCUT2D eigenvalue weighted by Crippen LogP contribution is -2.26. The van der Waals surface area contributed by atoms with Crippen molar-refractivity contribution in [3.05, 3.63) is 54.5 Å². The van der Waals surface area contributed by atoms with Crippen LogP contribution in [0, 0.1) is 0 Å². The molecular formula is C18H20N4O4P+. The average molecular weight is 387 g/mol. The maximum atomic E-state index is 12.0. The van der Waals surface area contributed by atoms with E-state index < -0.39 is 13.9 Å². The highest BCUT2D eigenvalue weighted by Gasteiger charge is 2.41. The van der Waals surface area contributed by atoms with Crippen molar-refractivity contribution in [3.63, 3.8) is 0 Å². The topological polar surface area (TPSA) is 101 Å². The molecule has 0 bridgehead atoms. The molecule has 1 aromatic carbocycles. The predicted octanol–water partition coefficient (Wildman–Crippen LogP) is 3.46. The van der Waals surface area contributed by atoms with Crippen LogP contribution >= 0.6 is 8.25 Å². The van der Waals surface area contributed by atoms with Crippen molar-refractivity contribution in [1.82, 2.24) is 14.6 Å². The van der Waals surface area contributed by atoms with E-state index in [1.54, 1.807) is 16.6 Å². The normalized spacial score (nSPS) is 22.9. The number of ether oxygens (including phenoxy) is 1. The number of para-hydroxylation sites is 1. The first kappa shape index (κ1) is 17.9. The number of benzene rings is 1. The quantitative estimate of drug-likeness (QED) is 0.646. The SMILES string of the molecule is C[C@]1(c2ccc3c(N)ncnn23)CC[C@@H](CO[P+](=O)Oc2ccccc2)O1. The second-order valence-corrected chi connectivity index (χ2v) is 7.48. The summed E-state index contributed by atoms with van der Waals surface area (Å²) in [7, 11) is -2.25. The van der Waals surface area contributed by atoms with E-state index in [9.17, 15) is 4.57 Å². The van der Waals surface area contributed by atoms with Crippen LogP contribution in [-0.2, 0) is 19.4 Å². The summed E-state index contributed by atoms with van der Waals surface area (Å²) in [5.74, 6) is 0.931. The Morgan fingerprint density at radius 2 is 2.15 bits per heavy atom. The first-order valence-electron chi connectivity index (χ1n) is 8.65. The van der Waals surface area contributed by atoms with Gasteiger partial charge in [-0.25, -0.2) is 14.0 Å². The van der Waals surface area contributed by atoms with Crippen LogP contribution in [0.2, 0.25) is 0 Å². The Morgan fingerprint density at radius 1 is 1.33 bits per heavy atom. The lowest BCUT2D eigenvalue weighted by molar-refractivity contribution is -0.0514. The van der Waals surface area contributed by atoms with Crippen molar-refractivity contribution in [3.8, 4) is 5.75 Å². The van der Waals surface area contributed by atoms with E-state index >= 15 is 0 Å². The smallest absolute Gasteiger partial charge is 0.382 e. The number of hydrogen-bond acceptors (Lipinski definition) is 7. The van der Waals surface area contributed by atoms with Gasteiger partial charge in [0.2, 0.25) is 0 Å². The molecule has 0 spiro atoms. The van der Waals surface area contributed by atoms with Crippen molar-refractivity contribution in [2.75, 3.05) is 12.3 Å². The van der Waals surface area contributed by atoms with E-state index in [4.69, 9.17) is 19.5 Å². The maximum Gasteiger partial charge on any atom is 0.750 e. The number of fused-ring (bicyclic) bond motifs is 1. The summed E-state index contributed by atoms with van der Waals surface area (Å²) in [5.41, 5.74) is 7.02. The van der Waals surface area contributed by atoms with Crippen LogP contribution in [0.3, 0.4) is 0 Å². The zero-order valence-electron chi connectivity index (χ0n) is 14.8. The van der Waals surface area contributed by atoms with Gasteiger partial charge in [-0.3, -0.25) is 0 Å². The van der Waals surface area contributed by atoms with Crippen molar-refractivity contribution < 1.29 is 18.3 Å². The van der Waals surface area contributed by atoms with E-state index in [1.165, 1.54) is 6.33 Å². The minimum absolute atomic E-state index is 0.182. The summed E-state index contributed by atoms with van der Waals surface area (Å²) in [6.07, 6.45) is 2.81. The molecule has 3 aromatic rings. The van der Waals surface area contributed by atoms with Gasteiger partial charge in [0.25, 0.3) is 0 Å². The molecule has 9 heteroatoms. The van der Waals surface area contributed by atoms with Gasteiger partial charge in [0.05, 0.1) is 11.8 Å². The van der Waals surface area contributed by atoms with Gasteiger partial charge in [0, 0.05) is 4.57 Å². The fraction of sp³-hybridized carbons (Fsp3) is 0.333. The molecule has 2 aromatic heterocycles. The van der Waals surface area contributed by atoms with Crippen molar-refractivity contribution in [1.29, 1.82) is 0 Å². The van der Waals surface area contributed by atoms with Gasteiger partial charge >= 0.3 is 8.25 Å². The summed E-state index contributed by atoms with van der Waals surface area (Å²) < 4.78 is 30.6. The Morgan fingerprint density at radius 3 is 2.96 bits per heavy atom. The number of aromatic nitrogens is 3. The van der Waals surface area contributed by atoms with E-state index in [2.05, 4.69) is 10.1 Å². The predicted molar refractivity (Wildman–Crippen MR) is 99.5 cm³/mol. The zero-order valence-corrected chi connectivity index (χ0v) is 15.7. The number of nitrogens with zero attached hydrogens (tertiary/aromatic N) is 3. The van der Waals surface area contributed by atoms with Crippen LogP contribution in [0.15, 0.2) is 48.8 Å². The molecule has 4 rings (SSSR count). The van der Waals surface area contributed by atoms with E-state index in [0.29, 0.717) is 11.6 Å². The average Bonchev–Trinajstić information content (AvgIpc) is 3.26. The van der Waals surface area contributed by atoms with Gasteiger partial charge in [0.15, 0.2) is 11.6 Å². The highest BCUT2D eigenvalue weighted by Crippen LogP contribution is 2.40. The standard InChI is InChI=1S/C18H20N4O4P/c1-18(16-8-7-15-17(19)20-12-21-22(15)16)10-9-14(25-18)11-24-27(23)26-13-5-3-2-4-6-13/h2-8,12,14H,9-11H2,1H3,(H2,19,20,21)/q+1/t14-,18+/m0/s1. The summed E-state index contributed by atoms with van der Waals surface area (Å²) >= 11 is 0. The first-order chi connectivity index (χ1) is 13.0. The fourth-order valence-corrected chi connectivity index (χ4v) is 3.95. The van der Waals surface area contributed by atoms with Crippen molar-refractivity contribution >= 4 is 19.6 Å². The number of anilines is 1. The highest BCUT2D eigenvalue weighted by atomic mass is 31.1. The minimum Gasteiger partial charge on any atom is -0.382 e. The van der Waals surface area contributed by atoms with Gasteiger partial charge in [0.1, 0.15) is 24.1 Å². The maximum absolute atomic E-state index is 12.0. The van der Waals surface area contributed by atoms with Gasteiger partial charge in [-0.15, -0.1) is 4.52 Å². The molecule has 0 saturated carbocycles. The second-order valence-electron chi connectivity index (χ2n) is 6.59. The van der Waals surface area contributed by atoms with Crippen LogP contribution in [-0.4, -0.2) is 27.3 Å². The summed E-state index contributed by atoms with van der Waals surface area (Å²) in [5, 5.41) is 4.29. The largest absolute Gasteiger partial charge is 0.750 e. The molecular weight excluding hydrogens is 367 g/mol. The Hall–Kier alpha value is -2.54. The molecule has 1 saturated heterocycles. The van der Waals surface area contributed by atoms with E-state index in [0.717, 1.165) is 24.1 Å². The number of rotatable bonds is 6. The molecule has 0 amide bonds. The molecule has 1 unspecified atom stereocenters. The third kappa shape index (κ3) is 3.64. The zero-order chi connectivity index (χ0) is 18.9. The third-order valence-electron chi connectivity index (χ3n) is 4.68. The van der Waals surface area contributed by atoms with Crippen LogP contribution in [0.25, 0.3) is 5.52 Å². The molecule has 3 heterocycles. The summed E-state index contributed by atoms with van der Waals surface area (Å²) in [6.45, 7) is 2.20. The Kier molecular flexibility index (Phi) is 4.78. The van der Waals surface area contributed by atoms with Crippen molar-refractivity contribution in [2.45, 2.75) is 31.5 Å². The Balaban J connectivity index is 1.39. The first-order valence-corrected chi connectivity index (χ1v) is 9.74. The molecule has 0 aliphatic carbocycles. The lowest BCUT2D eigenvalue weighted by atomic mass is 9.98. The van der Waals surface area contributed by atoms with E-state index in [1.807, 2.05) is 37.3 Å². The van der Waals surface area contributed by atoms with Crippen LogP contribution < -0.4 is 10.3 Å². The van der Waals surface area contributed by atoms with Crippen LogP contribution in [0.5, 0.6) is 5.75 Å². The molecule has 27 heavy (non-hydrogen) atoms. The molecule has 2 N–H and O–H groups in total. The Labute approximate surface area is 157 Å². The molecule has 3 atom stereocenters. The Bertz CT molecular complexity index is 964. The van der Waals surface area contributed by atoms with Gasteiger partial charge in [-0.05, 0) is 44.0 Å². The van der Waals surface area contributed by atoms with Crippen LogP contribution in [0.1, 0.15) is 25.5 Å². The monoisotopic (exact) mass is 387 g/mol. The van der Waals surface area contributed by atoms with Gasteiger partial charge in [-0.2, -0.15) is 5.10 Å². The van der Waals surface area contributed by atoms with Crippen molar-refractivity contribution in [2.24, 2.45) is 0 Å². The molecule has 0 radical (unpaired) electrons. The minimum atomic E-state index is -2.25. The summed E-state index contributed by atoms with van der Waals surface area (Å²) in [4.78, 5) is 4.01. The molecule has 1 aliphatic heterocycles. The summed E-state index contributed by atoms with van der Waals surface area (Å²) in [6, 6.07) is 12.8. The molecule has 140 valence electrons. The number of nitrogens with two attached hydrogens (primary N) is 1. The molecule has 1 aliphatic rings.